The normalized spacial score (nSPS) is 11.8. The van der Waals surface area contributed by atoms with E-state index in [-0.39, 0.29) is 11.9 Å². The molecule has 0 spiro atoms. The molecule has 3 N–H and O–H groups in total. The third kappa shape index (κ3) is 6.18. The molecule has 6 heteroatoms. The van der Waals surface area contributed by atoms with E-state index >= 15 is 0 Å². The lowest BCUT2D eigenvalue weighted by molar-refractivity contribution is -0.122. The van der Waals surface area contributed by atoms with Gasteiger partial charge in [-0.1, -0.05) is 12.1 Å². The van der Waals surface area contributed by atoms with Gasteiger partial charge in [-0.3, -0.25) is 4.79 Å². The van der Waals surface area contributed by atoms with Gasteiger partial charge in [0.1, 0.15) is 0 Å². The summed E-state index contributed by atoms with van der Waals surface area (Å²) in [5, 5.41) is 2.82. The number of hydrogen-bond donors (Lipinski definition) is 2. The average molecular weight is 310 g/mol. The maximum Gasteiger partial charge on any atom is 0.337 e. The van der Waals surface area contributed by atoms with Crippen molar-refractivity contribution in [2.75, 3.05) is 25.7 Å². The molecular formula is C15H22N2O3S. The van der Waals surface area contributed by atoms with E-state index in [1.54, 1.807) is 23.9 Å². The van der Waals surface area contributed by atoms with E-state index in [0.29, 0.717) is 24.9 Å². The van der Waals surface area contributed by atoms with Crippen LogP contribution in [-0.4, -0.2) is 43.6 Å². The van der Waals surface area contributed by atoms with Crippen LogP contribution in [0.3, 0.4) is 0 Å². The second-order valence-corrected chi connectivity index (χ2v) is 5.60. The maximum absolute atomic E-state index is 11.7. The minimum atomic E-state index is -0.445. The molecule has 0 aliphatic heterocycles. The monoisotopic (exact) mass is 310 g/mol. The van der Waals surface area contributed by atoms with Crippen LogP contribution in [0.2, 0.25) is 0 Å². The van der Waals surface area contributed by atoms with Crippen LogP contribution in [-0.2, 0) is 16.0 Å². The van der Waals surface area contributed by atoms with E-state index in [1.807, 2.05) is 18.4 Å². The molecule has 0 aliphatic carbocycles. The summed E-state index contributed by atoms with van der Waals surface area (Å²) < 4.78 is 4.64. The van der Waals surface area contributed by atoms with Crippen LogP contribution in [0.4, 0.5) is 0 Å². The number of esters is 1. The molecular weight excluding hydrogens is 288 g/mol. The number of carbonyl (C=O) groups excluding carboxylic acids is 2. The number of nitrogens with one attached hydrogen (secondary N) is 1. The Kier molecular flexibility index (Phi) is 7.85. The van der Waals surface area contributed by atoms with Gasteiger partial charge in [-0.2, -0.15) is 11.8 Å². The summed E-state index contributed by atoms with van der Waals surface area (Å²) in [5.74, 6) is 0.411. The van der Waals surface area contributed by atoms with Crippen molar-refractivity contribution in [1.29, 1.82) is 0 Å². The van der Waals surface area contributed by atoms with Gasteiger partial charge in [-0.25, -0.2) is 4.79 Å². The van der Waals surface area contributed by atoms with Crippen LogP contribution in [0.5, 0.6) is 0 Å². The highest BCUT2D eigenvalue weighted by Gasteiger charge is 2.12. The topological polar surface area (TPSA) is 81.4 Å². The smallest absolute Gasteiger partial charge is 0.337 e. The minimum absolute atomic E-state index is 0.116. The molecule has 0 saturated carbocycles. The molecule has 116 valence electrons. The number of ether oxygens (including phenoxy) is 1. The lowest BCUT2D eigenvalue weighted by Gasteiger charge is -2.11. The first kappa shape index (κ1) is 17.5. The van der Waals surface area contributed by atoms with E-state index in [0.717, 1.165) is 11.3 Å². The van der Waals surface area contributed by atoms with Gasteiger partial charge in [0, 0.05) is 6.54 Å². The summed E-state index contributed by atoms with van der Waals surface area (Å²) >= 11 is 1.68. The number of amides is 1. The van der Waals surface area contributed by atoms with Crippen molar-refractivity contribution >= 4 is 23.6 Å². The molecule has 1 atom stereocenters. The van der Waals surface area contributed by atoms with E-state index in [2.05, 4.69) is 10.1 Å². The second-order valence-electron chi connectivity index (χ2n) is 4.62. The molecule has 0 radical (unpaired) electrons. The van der Waals surface area contributed by atoms with Crippen molar-refractivity contribution in [3.63, 3.8) is 0 Å². The third-order valence-corrected chi connectivity index (χ3v) is 3.70. The standard InChI is InChI=1S/C15H22N2O3S/c1-20-15(19)12-5-3-11(4-6-12)7-9-17-14(18)13(16)8-10-21-2/h3-6,13H,7-10,16H2,1-2H3,(H,17,18)/t13-/m0/s1. The number of nitrogens with two attached hydrogens (primary N) is 1. The molecule has 0 bridgehead atoms. The second kappa shape index (κ2) is 9.41. The van der Waals surface area contributed by atoms with Crippen molar-refractivity contribution in [2.45, 2.75) is 18.9 Å². The highest BCUT2D eigenvalue weighted by Crippen LogP contribution is 2.06. The number of hydrogen-bond acceptors (Lipinski definition) is 5. The van der Waals surface area contributed by atoms with Gasteiger partial charge in [-0.15, -0.1) is 0 Å². The summed E-state index contributed by atoms with van der Waals surface area (Å²) in [6.07, 6.45) is 3.37. The Hall–Kier alpha value is -1.53. The lowest BCUT2D eigenvalue weighted by Crippen LogP contribution is -2.41. The number of rotatable bonds is 8. The predicted molar refractivity (Wildman–Crippen MR) is 85.5 cm³/mol. The largest absolute Gasteiger partial charge is 0.465 e. The molecule has 0 aliphatic rings. The highest BCUT2D eigenvalue weighted by molar-refractivity contribution is 7.98. The lowest BCUT2D eigenvalue weighted by atomic mass is 10.1. The van der Waals surface area contributed by atoms with Crippen molar-refractivity contribution in [1.82, 2.24) is 5.32 Å². The highest BCUT2D eigenvalue weighted by atomic mass is 32.2. The fraction of sp³-hybridized carbons (Fsp3) is 0.467. The number of carbonyl (C=O) groups is 2. The number of benzene rings is 1. The van der Waals surface area contributed by atoms with Crippen LogP contribution in [0.1, 0.15) is 22.3 Å². The zero-order valence-electron chi connectivity index (χ0n) is 12.4. The summed E-state index contributed by atoms with van der Waals surface area (Å²) in [4.78, 5) is 23.0. The Morgan fingerprint density at radius 2 is 2.00 bits per heavy atom. The van der Waals surface area contributed by atoms with Gasteiger partial charge >= 0.3 is 5.97 Å². The maximum atomic E-state index is 11.7. The summed E-state index contributed by atoms with van der Waals surface area (Å²) in [5.41, 5.74) is 7.33. The Labute approximate surface area is 129 Å². The molecule has 1 amide bonds. The average Bonchev–Trinajstić information content (AvgIpc) is 2.52. The van der Waals surface area contributed by atoms with Crippen LogP contribution >= 0.6 is 11.8 Å². The SMILES string of the molecule is COC(=O)c1ccc(CCNC(=O)[C@@H](N)CCSC)cc1. The van der Waals surface area contributed by atoms with Gasteiger partial charge in [0.15, 0.2) is 0 Å². The van der Waals surface area contributed by atoms with Gasteiger partial charge in [0.05, 0.1) is 18.7 Å². The van der Waals surface area contributed by atoms with Gasteiger partial charge in [-0.05, 0) is 42.5 Å². The van der Waals surface area contributed by atoms with E-state index in [1.165, 1.54) is 7.11 Å². The molecule has 0 saturated heterocycles. The number of thioether (sulfide) groups is 1. The first-order chi connectivity index (χ1) is 10.1. The van der Waals surface area contributed by atoms with Gasteiger partial charge in [0.2, 0.25) is 5.91 Å². The predicted octanol–water partition coefficient (Wildman–Crippen LogP) is 1.21. The zero-order chi connectivity index (χ0) is 15.7. The summed E-state index contributed by atoms with van der Waals surface area (Å²) in [6.45, 7) is 0.531. The Bertz CT molecular complexity index is 462. The minimum Gasteiger partial charge on any atom is -0.465 e. The molecule has 1 aromatic carbocycles. The van der Waals surface area contributed by atoms with Crippen LogP contribution < -0.4 is 11.1 Å². The first-order valence-electron chi connectivity index (χ1n) is 6.78. The van der Waals surface area contributed by atoms with Crippen LogP contribution in [0, 0.1) is 0 Å². The van der Waals surface area contributed by atoms with Crippen molar-refractivity contribution in [2.24, 2.45) is 5.73 Å². The third-order valence-electron chi connectivity index (χ3n) is 3.06. The molecule has 0 heterocycles. The zero-order valence-corrected chi connectivity index (χ0v) is 13.2. The van der Waals surface area contributed by atoms with Crippen molar-refractivity contribution in [3.8, 4) is 0 Å². The van der Waals surface area contributed by atoms with Gasteiger partial charge < -0.3 is 15.8 Å². The number of methoxy groups -OCH3 is 1. The van der Waals surface area contributed by atoms with Crippen LogP contribution in [0.15, 0.2) is 24.3 Å². The molecule has 1 rings (SSSR count). The van der Waals surface area contributed by atoms with Crippen molar-refractivity contribution in [3.05, 3.63) is 35.4 Å². The molecule has 5 nitrogen and oxygen atoms in total. The van der Waals surface area contributed by atoms with Crippen LogP contribution in [0.25, 0.3) is 0 Å². The fourth-order valence-corrected chi connectivity index (χ4v) is 2.25. The molecule has 0 aromatic heterocycles. The van der Waals surface area contributed by atoms with E-state index < -0.39 is 6.04 Å². The van der Waals surface area contributed by atoms with E-state index in [4.69, 9.17) is 5.73 Å². The molecule has 0 unspecified atom stereocenters. The van der Waals surface area contributed by atoms with Gasteiger partial charge in [0.25, 0.3) is 0 Å². The molecule has 0 fully saturated rings. The Balaban J connectivity index is 2.35. The quantitative estimate of drug-likeness (QED) is 0.705. The summed E-state index contributed by atoms with van der Waals surface area (Å²) in [6, 6.07) is 6.69. The van der Waals surface area contributed by atoms with E-state index in [9.17, 15) is 9.59 Å². The van der Waals surface area contributed by atoms with Crippen molar-refractivity contribution < 1.29 is 14.3 Å². The summed E-state index contributed by atoms with van der Waals surface area (Å²) in [7, 11) is 1.35. The Morgan fingerprint density at radius 1 is 1.33 bits per heavy atom. The molecule has 1 aromatic rings. The first-order valence-corrected chi connectivity index (χ1v) is 8.17. The Morgan fingerprint density at radius 3 is 2.57 bits per heavy atom. The molecule has 21 heavy (non-hydrogen) atoms. The fourth-order valence-electron chi connectivity index (χ4n) is 1.76.